The van der Waals surface area contributed by atoms with Gasteiger partial charge in [0.25, 0.3) is 0 Å². The van der Waals surface area contributed by atoms with E-state index in [1.807, 2.05) is 18.5 Å². The average Bonchev–Trinajstić information content (AvgIpc) is 3.12. The van der Waals surface area contributed by atoms with Crippen molar-refractivity contribution in [2.75, 3.05) is 6.61 Å². The zero-order chi connectivity index (χ0) is 13.8. The molecular formula is C13H13N5OS. The SMILES string of the molecule is Cc1ncsc1CCOc1cnc(-c2ccn[nH]2)nc1. The van der Waals surface area contributed by atoms with E-state index in [1.54, 1.807) is 29.9 Å². The molecule has 3 aromatic rings. The number of H-pyrrole nitrogens is 1. The van der Waals surface area contributed by atoms with E-state index in [0.29, 0.717) is 18.2 Å². The molecule has 0 unspecified atom stereocenters. The summed E-state index contributed by atoms with van der Waals surface area (Å²) >= 11 is 1.65. The predicted molar refractivity (Wildman–Crippen MR) is 75.7 cm³/mol. The minimum atomic E-state index is 0.593. The summed E-state index contributed by atoms with van der Waals surface area (Å²) in [5.74, 6) is 1.27. The zero-order valence-electron chi connectivity index (χ0n) is 10.9. The molecule has 0 fully saturated rings. The predicted octanol–water partition coefficient (Wildman–Crippen LogP) is 2.25. The third-order valence-corrected chi connectivity index (χ3v) is 3.81. The summed E-state index contributed by atoms with van der Waals surface area (Å²) in [4.78, 5) is 13.9. The number of aromatic nitrogens is 5. The van der Waals surface area contributed by atoms with Crippen molar-refractivity contribution in [3.63, 3.8) is 0 Å². The molecule has 3 aromatic heterocycles. The summed E-state index contributed by atoms with van der Waals surface area (Å²) in [6.45, 7) is 2.60. The van der Waals surface area contributed by atoms with Gasteiger partial charge in [-0.05, 0) is 13.0 Å². The smallest absolute Gasteiger partial charge is 0.177 e. The number of hydrogen-bond donors (Lipinski definition) is 1. The highest BCUT2D eigenvalue weighted by atomic mass is 32.1. The number of ether oxygens (including phenoxy) is 1. The maximum Gasteiger partial charge on any atom is 0.177 e. The van der Waals surface area contributed by atoms with E-state index in [0.717, 1.165) is 17.8 Å². The molecule has 1 N–H and O–H groups in total. The molecule has 7 heteroatoms. The third kappa shape index (κ3) is 2.83. The Hall–Kier alpha value is -2.28. The molecule has 0 atom stereocenters. The van der Waals surface area contributed by atoms with Gasteiger partial charge in [-0.25, -0.2) is 15.0 Å². The molecule has 102 valence electrons. The van der Waals surface area contributed by atoms with Crippen molar-refractivity contribution in [2.24, 2.45) is 0 Å². The van der Waals surface area contributed by atoms with Gasteiger partial charge < -0.3 is 4.74 Å². The van der Waals surface area contributed by atoms with Crippen LogP contribution in [-0.4, -0.2) is 31.8 Å². The molecular weight excluding hydrogens is 274 g/mol. The molecule has 0 amide bonds. The van der Waals surface area contributed by atoms with Crippen LogP contribution in [0.4, 0.5) is 0 Å². The molecule has 0 aliphatic rings. The minimum Gasteiger partial charge on any atom is -0.490 e. The van der Waals surface area contributed by atoms with Gasteiger partial charge in [-0.3, -0.25) is 5.10 Å². The molecule has 0 saturated carbocycles. The molecule has 0 bridgehead atoms. The van der Waals surface area contributed by atoms with Crippen LogP contribution in [0.1, 0.15) is 10.6 Å². The molecule has 6 nitrogen and oxygen atoms in total. The van der Waals surface area contributed by atoms with E-state index in [4.69, 9.17) is 4.74 Å². The van der Waals surface area contributed by atoms with Crippen LogP contribution in [-0.2, 0) is 6.42 Å². The molecule has 0 aliphatic heterocycles. The Morgan fingerprint density at radius 3 is 2.75 bits per heavy atom. The van der Waals surface area contributed by atoms with Crippen LogP contribution < -0.4 is 4.74 Å². The zero-order valence-corrected chi connectivity index (χ0v) is 11.7. The fourth-order valence-electron chi connectivity index (χ4n) is 1.74. The van der Waals surface area contributed by atoms with E-state index in [2.05, 4.69) is 25.1 Å². The van der Waals surface area contributed by atoms with Crippen molar-refractivity contribution in [3.05, 3.63) is 40.7 Å². The number of thiazole rings is 1. The summed E-state index contributed by atoms with van der Waals surface area (Å²) in [6.07, 6.45) is 5.85. The van der Waals surface area contributed by atoms with Crippen LogP contribution in [0.5, 0.6) is 5.75 Å². The van der Waals surface area contributed by atoms with Gasteiger partial charge in [0.05, 0.1) is 30.2 Å². The number of nitrogens with zero attached hydrogens (tertiary/aromatic N) is 4. The van der Waals surface area contributed by atoms with Crippen LogP contribution in [0.15, 0.2) is 30.2 Å². The van der Waals surface area contributed by atoms with Crippen molar-refractivity contribution in [2.45, 2.75) is 13.3 Å². The van der Waals surface area contributed by atoms with Crippen LogP contribution in [0.25, 0.3) is 11.5 Å². The topological polar surface area (TPSA) is 76.6 Å². The first-order valence-corrected chi connectivity index (χ1v) is 7.04. The summed E-state index contributed by atoms with van der Waals surface area (Å²) in [5, 5.41) is 6.69. The van der Waals surface area contributed by atoms with Gasteiger partial charge in [0, 0.05) is 17.5 Å². The van der Waals surface area contributed by atoms with Gasteiger partial charge in [0.1, 0.15) is 5.69 Å². The second kappa shape index (κ2) is 5.79. The van der Waals surface area contributed by atoms with Crippen LogP contribution in [0.2, 0.25) is 0 Å². The molecule has 0 radical (unpaired) electrons. The molecule has 0 aliphatic carbocycles. The normalized spacial score (nSPS) is 10.7. The van der Waals surface area contributed by atoms with Gasteiger partial charge in [-0.2, -0.15) is 5.10 Å². The Morgan fingerprint density at radius 2 is 2.10 bits per heavy atom. The molecule has 20 heavy (non-hydrogen) atoms. The Morgan fingerprint density at radius 1 is 1.25 bits per heavy atom. The monoisotopic (exact) mass is 287 g/mol. The van der Waals surface area contributed by atoms with Gasteiger partial charge in [-0.1, -0.05) is 0 Å². The van der Waals surface area contributed by atoms with Crippen molar-refractivity contribution in [1.29, 1.82) is 0 Å². The quantitative estimate of drug-likeness (QED) is 0.779. The van der Waals surface area contributed by atoms with Crippen molar-refractivity contribution < 1.29 is 4.74 Å². The fourth-order valence-corrected chi connectivity index (χ4v) is 2.50. The lowest BCUT2D eigenvalue weighted by atomic mass is 10.3. The highest BCUT2D eigenvalue weighted by Crippen LogP contribution is 2.15. The average molecular weight is 287 g/mol. The van der Waals surface area contributed by atoms with Crippen LogP contribution in [0.3, 0.4) is 0 Å². The second-order valence-electron chi connectivity index (χ2n) is 4.17. The van der Waals surface area contributed by atoms with Crippen molar-refractivity contribution in [3.8, 4) is 17.3 Å². The first-order chi connectivity index (χ1) is 9.83. The Balaban J connectivity index is 1.57. The maximum atomic E-state index is 5.63. The number of aryl methyl sites for hydroxylation is 1. The molecule has 3 rings (SSSR count). The van der Waals surface area contributed by atoms with Gasteiger partial charge >= 0.3 is 0 Å². The standard InChI is InChI=1S/C13H13N5OS/c1-9-12(20-8-16-9)3-5-19-10-6-14-13(15-7-10)11-2-4-17-18-11/h2,4,6-8H,3,5H2,1H3,(H,17,18). The van der Waals surface area contributed by atoms with E-state index >= 15 is 0 Å². The van der Waals surface area contributed by atoms with Crippen LogP contribution in [0, 0.1) is 6.92 Å². The highest BCUT2D eigenvalue weighted by molar-refractivity contribution is 7.09. The minimum absolute atomic E-state index is 0.593. The molecule has 0 spiro atoms. The largest absolute Gasteiger partial charge is 0.490 e. The van der Waals surface area contributed by atoms with E-state index in [-0.39, 0.29) is 0 Å². The third-order valence-electron chi connectivity index (χ3n) is 2.81. The summed E-state index contributed by atoms with van der Waals surface area (Å²) in [5.41, 5.74) is 3.72. The number of nitrogens with one attached hydrogen (secondary N) is 1. The van der Waals surface area contributed by atoms with Crippen molar-refractivity contribution in [1.82, 2.24) is 25.1 Å². The first kappa shape index (κ1) is 12.7. The lowest BCUT2D eigenvalue weighted by molar-refractivity contribution is 0.320. The lowest BCUT2D eigenvalue weighted by Gasteiger charge is -2.05. The van der Waals surface area contributed by atoms with E-state index in [9.17, 15) is 0 Å². The fraction of sp³-hybridized carbons (Fsp3) is 0.231. The number of aromatic amines is 1. The Kier molecular flexibility index (Phi) is 3.69. The highest BCUT2D eigenvalue weighted by Gasteiger charge is 2.04. The maximum absolute atomic E-state index is 5.63. The second-order valence-corrected chi connectivity index (χ2v) is 5.11. The summed E-state index contributed by atoms with van der Waals surface area (Å²) < 4.78 is 5.63. The molecule has 0 aromatic carbocycles. The van der Waals surface area contributed by atoms with E-state index in [1.165, 1.54) is 4.88 Å². The van der Waals surface area contributed by atoms with Gasteiger partial charge in [0.15, 0.2) is 11.6 Å². The summed E-state index contributed by atoms with van der Waals surface area (Å²) in [6, 6.07) is 1.82. The van der Waals surface area contributed by atoms with Crippen molar-refractivity contribution >= 4 is 11.3 Å². The van der Waals surface area contributed by atoms with E-state index < -0.39 is 0 Å². The number of rotatable bonds is 5. The lowest BCUT2D eigenvalue weighted by Crippen LogP contribution is -2.02. The van der Waals surface area contributed by atoms with Gasteiger partial charge in [0.2, 0.25) is 0 Å². The van der Waals surface area contributed by atoms with Crippen LogP contribution >= 0.6 is 11.3 Å². The molecule has 0 saturated heterocycles. The summed E-state index contributed by atoms with van der Waals surface area (Å²) in [7, 11) is 0. The first-order valence-electron chi connectivity index (χ1n) is 6.16. The Labute approximate surface area is 119 Å². The Bertz CT molecular complexity index is 662. The number of hydrogen-bond acceptors (Lipinski definition) is 6. The van der Waals surface area contributed by atoms with Gasteiger partial charge in [-0.15, -0.1) is 11.3 Å². The molecule has 3 heterocycles.